The molecule has 0 amide bonds. The van der Waals surface area contributed by atoms with Crippen LogP contribution in [-0.4, -0.2) is 31.2 Å². The summed E-state index contributed by atoms with van der Waals surface area (Å²) >= 11 is 0. The van der Waals surface area contributed by atoms with E-state index in [0.717, 1.165) is 38.9 Å². The molecule has 1 N–H and O–H groups in total. The lowest BCUT2D eigenvalue weighted by Gasteiger charge is -2.24. The molecule has 0 aliphatic carbocycles. The third kappa shape index (κ3) is 7.02. The maximum Gasteiger partial charge on any atom is 0.157 e. The van der Waals surface area contributed by atoms with Crippen LogP contribution in [0.25, 0.3) is 0 Å². The Morgan fingerprint density at radius 1 is 1.24 bits per heavy atom. The molecule has 3 nitrogen and oxygen atoms in total. The summed E-state index contributed by atoms with van der Waals surface area (Å²) in [5, 5.41) is 8.93. The van der Waals surface area contributed by atoms with E-state index < -0.39 is 0 Å². The van der Waals surface area contributed by atoms with Crippen molar-refractivity contribution in [1.29, 1.82) is 0 Å². The summed E-state index contributed by atoms with van der Waals surface area (Å²) in [5.74, 6) is 0. The van der Waals surface area contributed by atoms with Gasteiger partial charge in [0.05, 0.1) is 0 Å². The summed E-state index contributed by atoms with van der Waals surface area (Å²) in [6.45, 7) is 6.39. The van der Waals surface area contributed by atoms with Crippen LogP contribution in [-0.2, 0) is 9.47 Å². The van der Waals surface area contributed by atoms with Gasteiger partial charge < -0.3 is 14.6 Å². The highest BCUT2D eigenvalue weighted by Gasteiger charge is 2.17. The number of unbranched alkanes of at least 4 members (excludes halogenated alkanes) is 1. The highest BCUT2D eigenvalue weighted by atomic mass is 16.7. The Hall–Kier alpha value is -0.120. The van der Waals surface area contributed by atoms with Crippen LogP contribution >= 0.6 is 0 Å². The quantitative estimate of drug-likeness (QED) is 0.667. The number of hydrogen-bond donors (Lipinski definition) is 1. The predicted octanol–water partition coefficient (Wildman–Crippen LogP) is 3.11. The third-order valence-corrected chi connectivity index (χ3v) is 3.48. The SMILES string of the molecule is CC(C)(CCO)CCCCOC1CCCCO1. The lowest BCUT2D eigenvalue weighted by Crippen LogP contribution is -2.22. The Labute approximate surface area is 105 Å². The van der Waals surface area contributed by atoms with Gasteiger partial charge in [0.15, 0.2) is 6.29 Å². The Morgan fingerprint density at radius 2 is 2.06 bits per heavy atom. The lowest BCUT2D eigenvalue weighted by molar-refractivity contribution is -0.162. The molecule has 1 saturated heterocycles. The van der Waals surface area contributed by atoms with Gasteiger partial charge in [-0.25, -0.2) is 0 Å². The first kappa shape index (κ1) is 14.9. The van der Waals surface area contributed by atoms with E-state index in [1.165, 1.54) is 19.3 Å². The number of aliphatic hydroxyl groups is 1. The molecule has 1 atom stereocenters. The highest BCUT2D eigenvalue weighted by molar-refractivity contribution is 4.67. The summed E-state index contributed by atoms with van der Waals surface area (Å²) in [6, 6.07) is 0. The maximum atomic E-state index is 8.93. The van der Waals surface area contributed by atoms with Crippen LogP contribution in [0.3, 0.4) is 0 Å². The van der Waals surface area contributed by atoms with E-state index in [1.54, 1.807) is 0 Å². The number of rotatable bonds is 8. The molecule has 0 radical (unpaired) electrons. The average molecular weight is 244 g/mol. The highest BCUT2D eigenvalue weighted by Crippen LogP contribution is 2.26. The van der Waals surface area contributed by atoms with Crippen molar-refractivity contribution in [2.45, 2.75) is 65.1 Å². The lowest BCUT2D eigenvalue weighted by atomic mass is 9.84. The van der Waals surface area contributed by atoms with Crippen LogP contribution in [0.4, 0.5) is 0 Å². The van der Waals surface area contributed by atoms with Crippen molar-refractivity contribution in [2.24, 2.45) is 5.41 Å². The molecule has 1 rings (SSSR count). The van der Waals surface area contributed by atoms with Crippen molar-refractivity contribution in [3.63, 3.8) is 0 Å². The molecule has 1 unspecified atom stereocenters. The van der Waals surface area contributed by atoms with Crippen LogP contribution < -0.4 is 0 Å². The smallest absolute Gasteiger partial charge is 0.157 e. The molecule has 0 aromatic rings. The van der Waals surface area contributed by atoms with Crippen LogP contribution in [0.1, 0.15) is 58.8 Å². The molecular formula is C14H28O3. The number of aliphatic hydroxyl groups excluding tert-OH is 1. The van der Waals surface area contributed by atoms with Crippen molar-refractivity contribution >= 4 is 0 Å². The van der Waals surface area contributed by atoms with Gasteiger partial charge in [-0.1, -0.05) is 20.3 Å². The molecule has 1 heterocycles. The second-order valence-corrected chi connectivity index (χ2v) is 5.76. The van der Waals surface area contributed by atoms with Gasteiger partial charge in [-0.2, -0.15) is 0 Å². The Balaban J connectivity index is 1.96. The molecule has 1 aliphatic heterocycles. The molecule has 17 heavy (non-hydrogen) atoms. The molecule has 0 saturated carbocycles. The standard InChI is InChI=1S/C14H28O3/c1-14(2,9-10-15)8-4-6-12-17-13-7-3-5-11-16-13/h13,15H,3-12H2,1-2H3. The van der Waals surface area contributed by atoms with Crippen LogP contribution in [0, 0.1) is 5.41 Å². The average Bonchev–Trinajstić information content (AvgIpc) is 2.30. The minimum Gasteiger partial charge on any atom is -0.396 e. The molecular weight excluding hydrogens is 216 g/mol. The monoisotopic (exact) mass is 244 g/mol. The summed E-state index contributed by atoms with van der Waals surface area (Å²) < 4.78 is 11.2. The van der Waals surface area contributed by atoms with E-state index in [4.69, 9.17) is 14.6 Å². The summed E-state index contributed by atoms with van der Waals surface area (Å²) in [5.41, 5.74) is 0.260. The number of ether oxygens (including phenoxy) is 2. The third-order valence-electron chi connectivity index (χ3n) is 3.48. The largest absolute Gasteiger partial charge is 0.396 e. The van der Waals surface area contributed by atoms with Crippen LogP contribution in [0.2, 0.25) is 0 Å². The van der Waals surface area contributed by atoms with Gasteiger partial charge in [-0.15, -0.1) is 0 Å². The van der Waals surface area contributed by atoms with E-state index in [0.29, 0.717) is 6.61 Å². The number of hydrogen-bond acceptors (Lipinski definition) is 3. The molecule has 3 heteroatoms. The van der Waals surface area contributed by atoms with Gasteiger partial charge in [0.1, 0.15) is 0 Å². The fourth-order valence-corrected chi connectivity index (χ4v) is 2.19. The van der Waals surface area contributed by atoms with Crippen molar-refractivity contribution in [3.05, 3.63) is 0 Å². The second-order valence-electron chi connectivity index (χ2n) is 5.76. The van der Waals surface area contributed by atoms with Gasteiger partial charge in [-0.3, -0.25) is 0 Å². The topological polar surface area (TPSA) is 38.7 Å². The Morgan fingerprint density at radius 3 is 2.71 bits per heavy atom. The Bertz CT molecular complexity index is 186. The first-order valence-corrected chi connectivity index (χ1v) is 6.98. The predicted molar refractivity (Wildman–Crippen MR) is 68.9 cm³/mol. The molecule has 0 aromatic heterocycles. The first-order chi connectivity index (χ1) is 8.14. The van der Waals surface area contributed by atoms with Gasteiger partial charge in [0.25, 0.3) is 0 Å². The molecule has 0 bridgehead atoms. The van der Waals surface area contributed by atoms with Crippen molar-refractivity contribution in [2.75, 3.05) is 19.8 Å². The van der Waals surface area contributed by atoms with Gasteiger partial charge >= 0.3 is 0 Å². The molecule has 1 aliphatic rings. The molecule has 0 spiro atoms. The summed E-state index contributed by atoms with van der Waals surface area (Å²) in [6.07, 6.45) is 7.81. The minimum absolute atomic E-state index is 0.0502. The van der Waals surface area contributed by atoms with Crippen molar-refractivity contribution < 1.29 is 14.6 Å². The normalized spacial score (nSPS) is 21.7. The van der Waals surface area contributed by atoms with Gasteiger partial charge in [-0.05, 0) is 43.9 Å². The van der Waals surface area contributed by atoms with Gasteiger partial charge in [0, 0.05) is 19.8 Å². The fraction of sp³-hybridized carbons (Fsp3) is 1.00. The van der Waals surface area contributed by atoms with E-state index in [1.807, 2.05) is 0 Å². The molecule has 0 aromatic carbocycles. The van der Waals surface area contributed by atoms with Crippen LogP contribution in [0.5, 0.6) is 0 Å². The molecule has 102 valence electrons. The fourth-order valence-electron chi connectivity index (χ4n) is 2.19. The summed E-state index contributed by atoms with van der Waals surface area (Å²) in [7, 11) is 0. The van der Waals surface area contributed by atoms with Crippen LogP contribution in [0.15, 0.2) is 0 Å². The maximum absolute atomic E-state index is 8.93. The zero-order valence-electron chi connectivity index (χ0n) is 11.4. The first-order valence-electron chi connectivity index (χ1n) is 6.98. The minimum atomic E-state index is 0.0502. The second kappa shape index (κ2) is 8.06. The zero-order chi connectivity index (χ0) is 12.6. The van der Waals surface area contributed by atoms with Crippen molar-refractivity contribution in [3.8, 4) is 0 Å². The van der Waals surface area contributed by atoms with Crippen molar-refractivity contribution in [1.82, 2.24) is 0 Å². The van der Waals surface area contributed by atoms with E-state index in [2.05, 4.69) is 13.8 Å². The van der Waals surface area contributed by atoms with E-state index in [-0.39, 0.29) is 11.7 Å². The van der Waals surface area contributed by atoms with E-state index >= 15 is 0 Å². The van der Waals surface area contributed by atoms with Gasteiger partial charge in [0.2, 0.25) is 0 Å². The zero-order valence-corrected chi connectivity index (χ0v) is 11.4. The molecule has 1 fully saturated rings. The summed E-state index contributed by atoms with van der Waals surface area (Å²) in [4.78, 5) is 0. The van der Waals surface area contributed by atoms with E-state index in [9.17, 15) is 0 Å². The Kier molecular flexibility index (Phi) is 7.09.